The lowest BCUT2D eigenvalue weighted by Gasteiger charge is -2.17. The van der Waals surface area contributed by atoms with Crippen molar-refractivity contribution in [2.24, 2.45) is 0 Å². The van der Waals surface area contributed by atoms with Gasteiger partial charge >= 0.3 is 0 Å². The molecule has 0 bridgehead atoms. The van der Waals surface area contributed by atoms with Crippen molar-refractivity contribution in [3.8, 4) is 17.0 Å². The number of quaternary nitrogens is 1. The van der Waals surface area contributed by atoms with Gasteiger partial charge in [0.1, 0.15) is 12.2 Å². The SMILES string of the molecule is CC[NH+](CC(=O)Nc1cc(-c2ccc(C)cc2)no1)Cc1ccc(OC)c(F)c1. The first-order valence-electron chi connectivity index (χ1n) is 9.48. The number of likely N-dealkylation sites (N-methyl/N-ethyl adjacent to an activating group) is 1. The molecule has 2 aromatic carbocycles. The summed E-state index contributed by atoms with van der Waals surface area (Å²) in [5, 5.41) is 6.75. The summed E-state index contributed by atoms with van der Waals surface area (Å²) in [6.45, 7) is 5.46. The highest BCUT2D eigenvalue weighted by Gasteiger charge is 2.16. The molecule has 0 aliphatic heterocycles. The fourth-order valence-corrected chi connectivity index (χ4v) is 3.02. The molecular weight excluding hydrogens is 373 g/mol. The third-order valence-electron chi connectivity index (χ3n) is 4.70. The maximum atomic E-state index is 13.9. The third-order valence-corrected chi connectivity index (χ3v) is 4.70. The van der Waals surface area contributed by atoms with Crippen LogP contribution in [0.3, 0.4) is 0 Å². The minimum Gasteiger partial charge on any atom is -0.494 e. The zero-order valence-electron chi connectivity index (χ0n) is 16.8. The number of aryl methyl sites for hydroxylation is 1. The molecule has 0 spiro atoms. The molecule has 0 saturated carbocycles. The van der Waals surface area contributed by atoms with E-state index in [0.29, 0.717) is 24.7 Å². The number of nitrogens with zero attached hydrogens (tertiary/aromatic N) is 1. The van der Waals surface area contributed by atoms with Gasteiger partial charge in [0.05, 0.1) is 13.7 Å². The minimum atomic E-state index is -0.407. The molecule has 1 unspecified atom stereocenters. The van der Waals surface area contributed by atoms with E-state index in [1.54, 1.807) is 18.2 Å². The van der Waals surface area contributed by atoms with Crippen LogP contribution in [0, 0.1) is 12.7 Å². The summed E-state index contributed by atoms with van der Waals surface area (Å²) in [6.07, 6.45) is 0. The Balaban J connectivity index is 1.59. The highest BCUT2D eigenvalue weighted by Crippen LogP contribution is 2.22. The Kier molecular flexibility index (Phi) is 6.61. The number of methoxy groups -OCH3 is 1. The number of aromatic nitrogens is 1. The molecular formula is C22H25FN3O3+. The van der Waals surface area contributed by atoms with Crippen LogP contribution in [0.1, 0.15) is 18.1 Å². The molecule has 0 fully saturated rings. The van der Waals surface area contributed by atoms with Gasteiger partial charge in [0.15, 0.2) is 18.1 Å². The van der Waals surface area contributed by atoms with Crippen molar-refractivity contribution in [1.29, 1.82) is 0 Å². The largest absolute Gasteiger partial charge is 0.494 e. The van der Waals surface area contributed by atoms with Gasteiger partial charge in [0.25, 0.3) is 5.91 Å². The smallest absolute Gasteiger partial charge is 0.281 e. The Hall–Kier alpha value is -3.19. The fourth-order valence-electron chi connectivity index (χ4n) is 3.02. The number of anilines is 1. The molecule has 7 heteroatoms. The second-order valence-corrected chi connectivity index (χ2v) is 6.92. The summed E-state index contributed by atoms with van der Waals surface area (Å²) in [4.78, 5) is 13.4. The molecule has 0 radical (unpaired) electrons. The molecule has 0 aliphatic rings. The van der Waals surface area contributed by atoms with Crippen LogP contribution in [0.5, 0.6) is 5.75 Å². The average Bonchev–Trinajstić information content (AvgIpc) is 3.16. The Morgan fingerprint density at radius 2 is 1.97 bits per heavy atom. The van der Waals surface area contributed by atoms with E-state index < -0.39 is 5.82 Å². The van der Waals surface area contributed by atoms with Gasteiger partial charge < -0.3 is 14.2 Å². The van der Waals surface area contributed by atoms with Crippen LogP contribution in [0.15, 0.2) is 53.1 Å². The van der Waals surface area contributed by atoms with E-state index in [9.17, 15) is 9.18 Å². The van der Waals surface area contributed by atoms with E-state index in [0.717, 1.165) is 21.6 Å². The Morgan fingerprint density at radius 1 is 1.21 bits per heavy atom. The van der Waals surface area contributed by atoms with Crippen LogP contribution < -0.4 is 15.0 Å². The van der Waals surface area contributed by atoms with E-state index >= 15 is 0 Å². The number of amides is 1. The van der Waals surface area contributed by atoms with E-state index in [1.165, 1.54) is 13.2 Å². The summed E-state index contributed by atoms with van der Waals surface area (Å²) in [5.41, 5.74) is 3.54. The van der Waals surface area contributed by atoms with Crippen molar-refractivity contribution < 1.29 is 23.3 Å². The van der Waals surface area contributed by atoms with Crippen LogP contribution >= 0.6 is 0 Å². The van der Waals surface area contributed by atoms with Gasteiger partial charge in [0.2, 0.25) is 5.88 Å². The minimum absolute atomic E-state index is 0.192. The summed E-state index contributed by atoms with van der Waals surface area (Å²) in [6, 6.07) is 14.4. The lowest BCUT2D eigenvalue weighted by atomic mass is 10.1. The Bertz CT molecular complexity index is 970. The number of carbonyl (C=O) groups excluding carboxylic acids is 1. The van der Waals surface area contributed by atoms with Crippen LogP contribution in [0.2, 0.25) is 0 Å². The van der Waals surface area contributed by atoms with Crippen molar-refractivity contribution in [1.82, 2.24) is 5.16 Å². The van der Waals surface area contributed by atoms with Crippen molar-refractivity contribution in [2.75, 3.05) is 25.5 Å². The van der Waals surface area contributed by atoms with E-state index in [2.05, 4.69) is 10.5 Å². The molecule has 0 aliphatic carbocycles. The summed E-state index contributed by atoms with van der Waals surface area (Å²) >= 11 is 0. The number of benzene rings is 2. The van der Waals surface area contributed by atoms with E-state index in [1.807, 2.05) is 38.1 Å². The molecule has 2 N–H and O–H groups in total. The topological polar surface area (TPSA) is 68.8 Å². The third kappa shape index (κ3) is 5.42. The normalized spacial score (nSPS) is 11.9. The zero-order valence-corrected chi connectivity index (χ0v) is 16.8. The van der Waals surface area contributed by atoms with E-state index in [-0.39, 0.29) is 18.2 Å². The predicted octanol–water partition coefficient (Wildman–Crippen LogP) is 2.84. The van der Waals surface area contributed by atoms with E-state index in [4.69, 9.17) is 9.26 Å². The van der Waals surface area contributed by atoms with Crippen LogP contribution in [-0.4, -0.2) is 31.3 Å². The van der Waals surface area contributed by atoms with Gasteiger partial charge in [-0.15, -0.1) is 0 Å². The number of nitrogens with one attached hydrogen (secondary N) is 2. The molecule has 3 aromatic rings. The first-order valence-corrected chi connectivity index (χ1v) is 9.48. The summed E-state index contributed by atoms with van der Waals surface area (Å²) < 4.78 is 24.1. The number of ether oxygens (including phenoxy) is 1. The van der Waals surface area contributed by atoms with Gasteiger partial charge in [-0.3, -0.25) is 10.1 Å². The molecule has 1 amide bonds. The van der Waals surface area contributed by atoms with Gasteiger partial charge in [-0.25, -0.2) is 4.39 Å². The Morgan fingerprint density at radius 3 is 2.62 bits per heavy atom. The fraction of sp³-hybridized carbons (Fsp3) is 0.273. The second-order valence-electron chi connectivity index (χ2n) is 6.92. The predicted molar refractivity (Wildman–Crippen MR) is 108 cm³/mol. The lowest BCUT2D eigenvalue weighted by Crippen LogP contribution is -3.11. The number of hydrogen-bond donors (Lipinski definition) is 2. The zero-order chi connectivity index (χ0) is 20.8. The van der Waals surface area contributed by atoms with Gasteiger partial charge in [0, 0.05) is 17.2 Å². The number of rotatable bonds is 8. The summed E-state index contributed by atoms with van der Waals surface area (Å²) in [7, 11) is 1.43. The van der Waals surface area contributed by atoms with Gasteiger partial charge in [-0.2, -0.15) is 0 Å². The highest BCUT2D eigenvalue weighted by molar-refractivity contribution is 5.90. The van der Waals surface area contributed by atoms with Crippen molar-refractivity contribution in [3.05, 3.63) is 65.5 Å². The molecule has 1 heterocycles. The molecule has 3 rings (SSSR count). The quantitative estimate of drug-likeness (QED) is 0.612. The molecule has 1 atom stereocenters. The second kappa shape index (κ2) is 9.34. The first kappa shape index (κ1) is 20.5. The summed E-state index contributed by atoms with van der Waals surface area (Å²) in [5.74, 6) is -0.0894. The average molecular weight is 398 g/mol. The molecule has 1 aromatic heterocycles. The first-order chi connectivity index (χ1) is 14.0. The van der Waals surface area contributed by atoms with Crippen LogP contribution in [0.25, 0.3) is 11.3 Å². The number of carbonyl (C=O) groups is 1. The maximum absolute atomic E-state index is 13.9. The Labute approximate surface area is 169 Å². The van der Waals surface area contributed by atoms with Crippen LogP contribution in [-0.2, 0) is 11.3 Å². The van der Waals surface area contributed by atoms with Gasteiger partial charge in [-0.05, 0) is 32.0 Å². The number of halogens is 1. The monoisotopic (exact) mass is 398 g/mol. The standard InChI is InChI=1S/C22H24FN3O3/c1-4-26(13-16-7-10-20(28-3)18(23)11-16)14-21(27)24-22-12-19(25-29-22)17-8-5-15(2)6-9-17/h5-12H,4,13-14H2,1-3H3,(H,24,27)/p+1. The molecule has 0 saturated heterocycles. The van der Waals surface area contributed by atoms with Crippen LogP contribution in [0.4, 0.5) is 10.3 Å². The van der Waals surface area contributed by atoms with Crippen molar-refractivity contribution >= 4 is 11.8 Å². The van der Waals surface area contributed by atoms with Crippen molar-refractivity contribution in [2.45, 2.75) is 20.4 Å². The highest BCUT2D eigenvalue weighted by atomic mass is 19.1. The van der Waals surface area contributed by atoms with Gasteiger partial charge in [-0.1, -0.05) is 35.0 Å². The lowest BCUT2D eigenvalue weighted by molar-refractivity contribution is -0.903. The molecule has 152 valence electrons. The number of hydrogen-bond acceptors (Lipinski definition) is 4. The molecule has 29 heavy (non-hydrogen) atoms. The maximum Gasteiger partial charge on any atom is 0.281 e. The molecule has 6 nitrogen and oxygen atoms in total. The van der Waals surface area contributed by atoms with Crippen molar-refractivity contribution in [3.63, 3.8) is 0 Å².